The summed E-state index contributed by atoms with van der Waals surface area (Å²) < 4.78 is 48.1. The van der Waals surface area contributed by atoms with Gasteiger partial charge in [-0.3, -0.25) is 9.36 Å². The van der Waals surface area contributed by atoms with Gasteiger partial charge in [-0.1, -0.05) is 55.8 Å². The first-order valence-electron chi connectivity index (χ1n) is 12.6. The van der Waals surface area contributed by atoms with Crippen LogP contribution in [0.2, 0.25) is 0 Å². The van der Waals surface area contributed by atoms with Crippen LogP contribution >= 0.6 is 0 Å². The molecular formula is C29H30FN3O5S. The summed E-state index contributed by atoms with van der Waals surface area (Å²) >= 11 is 0. The monoisotopic (exact) mass is 551 g/mol. The van der Waals surface area contributed by atoms with Crippen LogP contribution in [-0.4, -0.2) is 41.8 Å². The van der Waals surface area contributed by atoms with E-state index in [0.29, 0.717) is 29.5 Å². The Kier molecular flexibility index (Phi) is 8.57. The molecule has 39 heavy (non-hydrogen) atoms. The molecule has 0 amide bonds. The number of aryl methyl sites for hydroxylation is 1. The fraction of sp³-hybridized carbons (Fsp3) is 0.276. The van der Waals surface area contributed by atoms with Gasteiger partial charge in [-0.25, -0.2) is 13.4 Å². The number of benzene rings is 2. The van der Waals surface area contributed by atoms with Gasteiger partial charge in [0.15, 0.2) is 4.90 Å². The number of methoxy groups -OCH3 is 1. The van der Waals surface area contributed by atoms with Crippen molar-refractivity contribution in [3.05, 3.63) is 100 Å². The second kappa shape index (κ2) is 11.9. The van der Waals surface area contributed by atoms with Crippen molar-refractivity contribution in [1.29, 1.82) is 0 Å². The van der Waals surface area contributed by atoms with Gasteiger partial charge in [-0.2, -0.15) is 9.37 Å². The molecule has 0 aliphatic rings. The van der Waals surface area contributed by atoms with Crippen LogP contribution in [0.4, 0.5) is 4.39 Å². The average Bonchev–Trinajstić information content (AvgIpc) is 2.93. The smallest absolute Gasteiger partial charge is 0.277 e. The van der Waals surface area contributed by atoms with E-state index in [2.05, 4.69) is 9.97 Å². The lowest BCUT2D eigenvalue weighted by Gasteiger charge is -2.24. The highest BCUT2D eigenvalue weighted by Gasteiger charge is 2.32. The molecule has 4 rings (SSSR count). The SMILES string of the molecule is CCCCc1nc(O)c(S(=O)(=O)c2ccc(-c3ccnc(F)c3C)cc2)c(=O)n1C(COC)c1ccccc1. The molecule has 0 saturated heterocycles. The summed E-state index contributed by atoms with van der Waals surface area (Å²) in [5.41, 5.74) is 1.32. The average molecular weight is 552 g/mol. The lowest BCUT2D eigenvalue weighted by Crippen LogP contribution is -2.35. The Labute approximate surface area is 226 Å². The molecule has 2 aromatic carbocycles. The third kappa shape index (κ3) is 5.62. The molecule has 1 N–H and O–H groups in total. The second-order valence-corrected chi connectivity index (χ2v) is 11.0. The summed E-state index contributed by atoms with van der Waals surface area (Å²) in [5, 5.41) is 10.8. The number of sulfone groups is 1. The standard InChI is InChI=1S/C29H30FN3O5S/c1-4-5-11-25-32-28(34)26(29(35)33(25)24(18-38-3)21-9-7-6-8-10-21)39(36,37)22-14-12-20(13-15-22)23-16-17-31-27(30)19(23)2/h6-10,12-17,24,34H,4-5,11,18H2,1-3H3. The number of hydrogen-bond acceptors (Lipinski definition) is 7. The second-order valence-electron chi connectivity index (χ2n) is 9.14. The van der Waals surface area contributed by atoms with Gasteiger partial charge in [0.1, 0.15) is 5.82 Å². The van der Waals surface area contributed by atoms with E-state index in [1.807, 2.05) is 37.3 Å². The molecule has 204 valence electrons. The topological polar surface area (TPSA) is 111 Å². The summed E-state index contributed by atoms with van der Waals surface area (Å²) in [7, 11) is -2.98. The minimum absolute atomic E-state index is 0.0888. The van der Waals surface area contributed by atoms with Crippen LogP contribution in [0.15, 0.2) is 81.4 Å². The van der Waals surface area contributed by atoms with Crippen LogP contribution in [0.1, 0.15) is 42.8 Å². The maximum Gasteiger partial charge on any atom is 0.277 e. The van der Waals surface area contributed by atoms with Crippen molar-refractivity contribution in [3.63, 3.8) is 0 Å². The van der Waals surface area contributed by atoms with Gasteiger partial charge >= 0.3 is 0 Å². The number of unbranched alkanes of at least 4 members (excludes halogenated alkanes) is 1. The van der Waals surface area contributed by atoms with E-state index in [-0.39, 0.29) is 17.3 Å². The minimum atomic E-state index is -4.48. The van der Waals surface area contributed by atoms with E-state index in [4.69, 9.17) is 4.74 Å². The number of rotatable bonds is 10. The molecule has 4 aromatic rings. The maximum absolute atomic E-state index is 13.9. The van der Waals surface area contributed by atoms with E-state index >= 15 is 0 Å². The van der Waals surface area contributed by atoms with Crippen molar-refractivity contribution < 1.29 is 22.7 Å². The third-order valence-corrected chi connectivity index (χ3v) is 8.38. The van der Waals surface area contributed by atoms with Gasteiger partial charge in [0.2, 0.25) is 21.7 Å². The molecule has 1 atom stereocenters. The van der Waals surface area contributed by atoms with Crippen molar-refractivity contribution in [1.82, 2.24) is 14.5 Å². The van der Waals surface area contributed by atoms with Crippen molar-refractivity contribution in [3.8, 4) is 17.0 Å². The molecule has 0 saturated carbocycles. The molecule has 2 aromatic heterocycles. The van der Waals surface area contributed by atoms with Crippen LogP contribution in [0.25, 0.3) is 11.1 Å². The number of nitrogens with zero attached hydrogens (tertiary/aromatic N) is 3. The van der Waals surface area contributed by atoms with Crippen LogP contribution in [0.5, 0.6) is 5.88 Å². The van der Waals surface area contributed by atoms with E-state index in [1.54, 1.807) is 13.0 Å². The highest BCUT2D eigenvalue weighted by Crippen LogP contribution is 2.30. The van der Waals surface area contributed by atoms with E-state index in [0.717, 1.165) is 12.0 Å². The van der Waals surface area contributed by atoms with E-state index in [9.17, 15) is 22.7 Å². The summed E-state index contributed by atoms with van der Waals surface area (Å²) in [4.78, 5) is 20.8. The summed E-state index contributed by atoms with van der Waals surface area (Å²) in [6.07, 6.45) is 3.19. The molecule has 8 nitrogen and oxygen atoms in total. The largest absolute Gasteiger partial charge is 0.492 e. The third-order valence-electron chi connectivity index (χ3n) is 6.59. The highest BCUT2D eigenvalue weighted by molar-refractivity contribution is 7.91. The van der Waals surface area contributed by atoms with Crippen molar-refractivity contribution in [2.24, 2.45) is 0 Å². The number of aromatic nitrogens is 3. The first-order valence-corrected chi connectivity index (χ1v) is 14.0. The van der Waals surface area contributed by atoms with E-state index in [1.165, 1.54) is 42.1 Å². The van der Waals surface area contributed by atoms with Gasteiger partial charge in [0, 0.05) is 25.3 Å². The van der Waals surface area contributed by atoms with Gasteiger partial charge in [-0.05, 0) is 48.2 Å². The maximum atomic E-state index is 13.9. The summed E-state index contributed by atoms with van der Waals surface area (Å²) in [6.45, 7) is 3.65. The fourth-order valence-electron chi connectivity index (χ4n) is 4.52. The summed E-state index contributed by atoms with van der Waals surface area (Å²) in [5.74, 6) is -1.19. The molecule has 0 bridgehead atoms. The Morgan fingerprint density at radius 3 is 2.41 bits per heavy atom. The lowest BCUT2D eigenvalue weighted by atomic mass is 10.0. The van der Waals surface area contributed by atoms with Gasteiger partial charge < -0.3 is 9.84 Å². The van der Waals surface area contributed by atoms with Crippen molar-refractivity contribution in [2.75, 3.05) is 13.7 Å². The Morgan fingerprint density at radius 2 is 1.77 bits per heavy atom. The van der Waals surface area contributed by atoms with Gasteiger partial charge in [0.05, 0.1) is 17.5 Å². The number of pyridine rings is 1. The molecular weight excluding hydrogens is 521 g/mol. The molecule has 0 spiro atoms. The molecule has 0 radical (unpaired) electrons. The molecule has 0 fully saturated rings. The van der Waals surface area contributed by atoms with E-state index < -0.39 is 38.2 Å². The quantitative estimate of drug-likeness (QED) is 0.280. The molecule has 2 heterocycles. The number of aromatic hydroxyl groups is 1. The Morgan fingerprint density at radius 1 is 1.08 bits per heavy atom. The number of halogens is 1. The normalized spacial score (nSPS) is 12.4. The van der Waals surface area contributed by atoms with Crippen LogP contribution in [0.3, 0.4) is 0 Å². The van der Waals surface area contributed by atoms with Crippen LogP contribution < -0.4 is 5.56 Å². The first-order chi connectivity index (χ1) is 18.7. The highest BCUT2D eigenvalue weighted by atomic mass is 32.2. The molecule has 10 heteroatoms. The Balaban J connectivity index is 1.87. The predicted molar refractivity (Wildman–Crippen MR) is 145 cm³/mol. The molecule has 0 aliphatic carbocycles. The summed E-state index contributed by atoms with van der Waals surface area (Å²) in [6, 6.07) is 15.8. The van der Waals surface area contributed by atoms with Crippen LogP contribution in [-0.2, 0) is 21.0 Å². The van der Waals surface area contributed by atoms with Crippen molar-refractivity contribution >= 4 is 9.84 Å². The number of ether oxygens (including phenoxy) is 1. The number of hydrogen-bond donors (Lipinski definition) is 1. The first kappa shape index (κ1) is 28.1. The van der Waals surface area contributed by atoms with Crippen molar-refractivity contribution in [2.45, 2.75) is 48.9 Å². The molecule has 1 unspecified atom stereocenters. The zero-order valence-electron chi connectivity index (χ0n) is 22.0. The predicted octanol–water partition coefficient (Wildman–Crippen LogP) is 4.87. The zero-order chi connectivity index (χ0) is 28.2. The lowest BCUT2D eigenvalue weighted by molar-refractivity contribution is 0.165. The van der Waals surface area contributed by atoms with Gasteiger partial charge in [-0.15, -0.1) is 0 Å². The fourth-order valence-corrected chi connectivity index (χ4v) is 5.87. The zero-order valence-corrected chi connectivity index (χ0v) is 22.8. The van der Waals surface area contributed by atoms with Crippen LogP contribution in [0, 0.1) is 12.9 Å². The minimum Gasteiger partial charge on any atom is -0.492 e. The Bertz CT molecular complexity index is 1620. The molecule has 0 aliphatic heterocycles. The van der Waals surface area contributed by atoms with Gasteiger partial charge in [0.25, 0.3) is 5.56 Å². The Hall–Kier alpha value is -3.89.